The fourth-order valence-corrected chi connectivity index (χ4v) is 11.9. The van der Waals surface area contributed by atoms with Gasteiger partial charge in [-0.1, -0.05) is 67.0 Å². The molecule has 0 amide bonds. The summed E-state index contributed by atoms with van der Waals surface area (Å²) in [5.74, 6) is -4.69. The van der Waals surface area contributed by atoms with Gasteiger partial charge in [-0.05, 0) is 126 Å². The number of rotatable bonds is 27. The third-order valence-corrected chi connectivity index (χ3v) is 16.8. The molecule has 474 valence electrons. The largest absolute Gasteiger partial charge is 0.469 e. The lowest BCUT2D eigenvalue weighted by Gasteiger charge is -2.26. The van der Waals surface area contributed by atoms with Crippen LogP contribution in [0.4, 0.5) is 0 Å². The second-order valence-electron chi connectivity index (χ2n) is 20.9. The molecular weight excluding hydrogens is 1190 g/mol. The van der Waals surface area contributed by atoms with E-state index in [1.54, 1.807) is 62.4 Å². The average molecular weight is 1270 g/mol. The molecule has 0 spiro atoms. The molecule has 1 heterocycles. The minimum Gasteiger partial charge on any atom is -0.469 e. The van der Waals surface area contributed by atoms with E-state index in [9.17, 15) is 53.2 Å². The topological polar surface area (TPSA) is 291 Å². The summed E-state index contributed by atoms with van der Waals surface area (Å²) >= 11 is 2.62. The molecule has 2 saturated carbocycles. The number of carbonyl (C=O) groups is 10. The standard InChI is InChI=1S/C38H38N2O10S2.C27H34O10/c1-6-30(41)48-24(4)21-47-32(43)16-15-31(42)46-18-17-25-7-13-28(14-8-25)49-36(44)26-9-11-27(12-10-26)37(45)50-33-22(2)19-23(3)34-35(33)52-38(51-34)29(20-39)40-5;1-4-23(28)36-18(2)17-35-25(30)14-13-24(29)34-16-15-19-5-11-22(12-6-19)37-27(32)21-9-7-20(8-10-21)26(31)33-3/h6-8,13-14,19,24,26-27H,1,9-12,15-18,21H2,2-4H3;4-6,11-12,18,20-21H,1,7-10,13-17H2,2-3H3/b38-29+;. The number of fused-ring (bicyclic) bond motifs is 1. The van der Waals surface area contributed by atoms with Crippen LogP contribution < -0.4 is 14.2 Å². The molecular formula is C65H72N2O20S2. The molecule has 22 nitrogen and oxygen atoms in total. The molecule has 0 aromatic heterocycles. The zero-order valence-corrected chi connectivity index (χ0v) is 52.0. The zero-order valence-electron chi connectivity index (χ0n) is 50.3. The van der Waals surface area contributed by atoms with E-state index in [2.05, 4.69) is 18.0 Å². The van der Waals surface area contributed by atoms with E-state index in [-0.39, 0.29) is 105 Å². The van der Waals surface area contributed by atoms with Gasteiger partial charge in [-0.2, -0.15) is 0 Å². The fraction of sp³-hybridized carbons (Fsp3) is 0.446. The number of hydrogen-bond acceptors (Lipinski definition) is 23. The van der Waals surface area contributed by atoms with Gasteiger partial charge < -0.3 is 47.4 Å². The predicted octanol–water partition coefficient (Wildman–Crippen LogP) is 10.1. The summed E-state index contributed by atoms with van der Waals surface area (Å²) in [4.78, 5) is 125. The lowest BCUT2D eigenvalue weighted by atomic mass is 9.82. The van der Waals surface area contributed by atoms with Crippen molar-refractivity contribution in [2.45, 2.75) is 140 Å². The number of allylic oxidation sites excluding steroid dienone is 1. The van der Waals surface area contributed by atoms with Gasteiger partial charge in [-0.25, -0.2) is 19.7 Å². The Labute approximate surface area is 525 Å². The molecule has 3 aromatic rings. The Morgan fingerprint density at radius 1 is 0.573 bits per heavy atom. The van der Waals surface area contributed by atoms with Crippen molar-refractivity contribution in [3.05, 3.63) is 124 Å². The van der Waals surface area contributed by atoms with Crippen LogP contribution in [0.3, 0.4) is 0 Å². The van der Waals surface area contributed by atoms with E-state index in [0.717, 1.165) is 44.2 Å². The van der Waals surface area contributed by atoms with Crippen molar-refractivity contribution in [3.8, 4) is 23.3 Å². The SMILES string of the molecule is C=CC(=O)OC(C)COC(=O)CCC(=O)OCCc1ccc(OC(=O)C2CCC(C(=O)OC)CC2)cc1.[C-]#[N+]/C(C#N)=C1\Sc2c(C)cc(C)c(OC(=O)C3CCC(C(=O)Oc4ccc(CCOC(=O)CCC(=O)OCC(C)OC(=O)C=C)cc4)CC3)c2S1. The molecule has 1 aliphatic heterocycles. The van der Waals surface area contributed by atoms with Crippen LogP contribution in [0.2, 0.25) is 0 Å². The van der Waals surface area contributed by atoms with E-state index in [4.69, 9.17) is 53.9 Å². The van der Waals surface area contributed by atoms with Gasteiger partial charge in [-0.3, -0.25) is 38.4 Å². The van der Waals surface area contributed by atoms with Crippen LogP contribution in [0.1, 0.15) is 113 Å². The smallest absolute Gasteiger partial charge is 0.330 e. The Bertz CT molecular complexity index is 3170. The molecule has 2 atom stereocenters. The number of methoxy groups -OCH3 is 1. The lowest BCUT2D eigenvalue weighted by molar-refractivity contribution is -0.156. The summed E-state index contributed by atoms with van der Waals surface area (Å²) in [6, 6.07) is 17.6. The minimum absolute atomic E-state index is 0.00879. The molecule has 2 aliphatic carbocycles. The lowest BCUT2D eigenvalue weighted by Crippen LogP contribution is -2.30. The van der Waals surface area contributed by atoms with Crippen molar-refractivity contribution in [2.24, 2.45) is 23.7 Å². The Hall–Kier alpha value is -8.74. The number of thioether (sulfide) groups is 2. The number of aryl methyl sites for hydroxylation is 2. The molecule has 3 aromatic carbocycles. The maximum absolute atomic E-state index is 13.3. The van der Waals surface area contributed by atoms with Crippen LogP contribution in [0.5, 0.6) is 17.2 Å². The number of ether oxygens (including phenoxy) is 10. The molecule has 24 heteroatoms. The fourth-order valence-electron chi connectivity index (χ4n) is 9.25. The number of nitrogens with zero attached hydrogens (tertiary/aromatic N) is 2. The Morgan fingerprint density at radius 3 is 1.31 bits per heavy atom. The van der Waals surface area contributed by atoms with Gasteiger partial charge in [0.15, 0.2) is 0 Å². The highest BCUT2D eigenvalue weighted by Crippen LogP contribution is 2.58. The summed E-state index contributed by atoms with van der Waals surface area (Å²) < 4.78 is 52.4. The first-order valence-corrected chi connectivity index (χ1v) is 30.5. The number of carbonyl (C=O) groups excluding carboxylic acids is 10. The number of nitriles is 1. The normalized spacial score (nSPS) is 17.6. The van der Waals surface area contributed by atoms with Crippen molar-refractivity contribution >= 4 is 83.2 Å². The molecule has 2 unspecified atom stereocenters. The molecule has 2 fully saturated rings. The number of hydrogen-bond donors (Lipinski definition) is 0. The second kappa shape index (κ2) is 36.5. The molecule has 89 heavy (non-hydrogen) atoms. The van der Waals surface area contributed by atoms with Crippen molar-refractivity contribution < 1.29 is 95.3 Å². The van der Waals surface area contributed by atoms with Gasteiger partial charge in [0.2, 0.25) is 0 Å². The van der Waals surface area contributed by atoms with E-state index in [1.165, 1.54) is 30.6 Å². The van der Waals surface area contributed by atoms with E-state index < -0.39 is 48.0 Å². The second-order valence-corrected chi connectivity index (χ2v) is 23.2. The van der Waals surface area contributed by atoms with Gasteiger partial charge in [0.25, 0.3) is 5.70 Å². The number of benzene rings is 3. The van der Waals surface area contributed by atoms with Gasteiger partial charge in [0, 0.05) is 29.9 Å². The van der Waals surface area contributed by atoms with Crippen molar-refractivity contribution in [2.75, 3.05) is 33.5 Å². The third-order valence-electron chi connectivity index (χ3n) is 14.1. The van der Waals surface area contributed by atoms with E-state index >= 15 is 0 Å². The molecule has 6 rings (SSSR count). The first-order chi connectivity index (χ1) is 42.6. The molecule has 3 aliphatic rings. The summed E-state index contributed by atoms with van der Waals surface area (Å²) in [5.41, 5.74) is 3.51. The summed E-state index contributed by atoms with van der Waals surface area (Å²) in [6.45, 7) is 20.8. The zero-order chi connectivity index (χ0) is 65.0. The van der Waals surface area contributed by atoms with Crippen molar-refractivity contribution in [3.63, 3.8) is 0 Å². The number of esters is 10. The summed E-state index contributed by atoms with van der Waals surface area (Å²) in [6.07, 6.45) is 5.32. The quantitative estimate of drug-likeness (QED) is 0.0171. The highest BCUT2D eigenvalue weighted by atomic mass is 32.2. The minimum atomic E-state index is -0.642. The van der Waals surface area contributed by atoms with Crippen LogP contribution in [-0.4, -0.2) is 105 Å². The van der Waals surface area contributed by atoms with Crippen LogP contribution in [-0.2, 0) is 93.9 Å². The van der Waals surface area contributed by atoms with Crippen LogP contribution in [0.15, 0.2) is 99.6 Å². The van der Waals surface area contributed by atoms with E-state index in [0.29, 0.717) is 85.7 Å². The van der Waals surface area contributed by atoms with Crippen LogP contribution in [0.25, 0.3) is 4.85 Å². The third kappa shape index (κ3) is 23.7. The van der Waals surface area contributed by atoms with Gasteiger partial charge >= 0.3 is 59.7 Å². The highest BCUT2D eigenvalue weighted by molar-refractivity contribution is 8.24. The van der Waals surface area contributed by atoms with Crippen LogP contribution >= 0.6 is 23.5 Å². The average Bonchev–Trinajstić information content (AvgIpc) is 1.79. The first-order valence-electron chi connectivity index (χ1n) is 28.8. The Kier molecular flexibility index (Phi) is 29.2. The Morgan fingerprint density at radius 2 is 0.944 bits per heavy atom. The van der Waals surface area contributed by atoms with Gasteiger partial charge in [0.05, 0.1) is 91.5 Å². The molecule has 0 radical (unpaired) electrons. The summed E-state index contributed by atoms with van der Waals surface area (Å²) in [5, 5.41) is 9.34. The van der Waals surface area contributed by atoms with E-state index in [1.807, 2.05) is 26.0 Å². The van der Waals surface area contributed by atoms with Gasteiger partial charge in [0.1, 0.15) is 42.7 Å². The Balaban J connectivity index is 0.000000344. The molecule has 0 bridgehead atoms. The maximum atomic E-state index is 13.3. The van der Waals surface area contributed by atoms with Crippen molar-refractivity contribution in [1.29, 1.82) is 5.26 Å². The molecule has 0 N–H and O–H groups in total. The monoisotopic (exact) mass is 1260 g/mol. The predicted molar refractivity (Wildman–Crippen MR) is 321 cm³/mol. The first kappa shape index (κ1) is 71.0. The highest BCUT2D eigenvalue weighted by Gasteiger charge is 2.35. The van der Waals surface area contributed by atoms with Crippen molar-refractivity contribution in [1.82, 2.24) is 0 Å². The van der Waals surface area contributed by atoms with Gasteiger partial charge in [-0.15, -0.1) is 0 Å². The van der Waals surface area contributed by atoms with Crippen LogP contribution in [0, 0.1) is 55.4 Å². The molecule has 0 saturated heterocycles. The maximum Gasteiger partial charge on any atom is 0.330 e. The summed E-state index contributed by atoms with van der Waals surface area (Å²) in [7, 11) is 1.37.